The van der Waals surface area contributed by atoms with Crippen LogP contribution in [-0.2, 0) is 35.6 Å². The quantitative estimate of drug-likeness (QED) is 0.225. The molecule has 232 valence electrons. The Morgan fingerprint density at radius 1 is 1.12 bits per heavy atom. The number of hydrogen-bond donors (Lipinski definition) is 3. The summed E-state index contributed by atoms with van der Waals surface area (Å²) in [7, 11) is -1.71. The van der Waals surface area contributed by atoms with E-state index in [1.54, 1.807) is 24.3 Å². The molecule has 0 spiro atoms. The fourth-order valence-corrected chi connectivity index (χ4v) is 6.40. The third kappa shape index (κ3) is 10.8. The molecule has 0 aromatic heterocycles. The molecule has 2 unspecified atom stereocenters. The maximum atomic E-state index is 13.1. The summed E-state index contributed by atoms with van der Waals surface area (Å²) in [6.45, 7) is 4.79. The minimum atomic E-state index is -3.72. The Hall–Kier alpha value is -2.25. The number of fused-ring (bicyclic) bond motifs is 1. The summed E-state index contributed by atoms with van der Waals surface area (Å²) in [5.41, 5.74) is 7.93. The molecule has 0 saturated carbocycles. The second kappa shape index (κ2) is 16.6. The molecule has 1 heterocycles. The van der Waals surface area contributed by atoms with Gasteiger partial charge in [0, 0.05) is 61.6 Å². The molecule has 0 fully saturated rings. The molecule has 10 nitrogen and oxygen atoms in total. The van der Waals surface area contributed by atoms with Crippen LogP contribution < -0.4 is 15.8 Å². The van der Waals surface area contributed by atoms with Gasteiger partial charge in [0.05, 0.1) is 24.2 Å². The minimum Gasteiger partial charge on any atom is -0.380 e. The number of nitrogens with two attached hydrogens (primary N) is 1. The van der Waals surface area contributed by atoms with E-state index in [2.05, 4.69) is 14.9 Å². The predicted octanol–water partition coefficient (Wildman–Crippen LogP) is 3.43. The van der Waals surface area contributed by atoms with E-state index >= 15 is 0 Å². The highest BCUT2D eigenvalue weighted by molar-refractivity contribution is 7.89. The average Bonchev–Trinajstić information content (AvgIpc) is 2.92. The molecular weight excluding hydrogens is 603 g/mol. The number of sulfonamides is 1. The molecule has 0 bridgehead atoms. The maximum Gasteiger partial charge on any atom is 0.240 e. The topological polar surface area (TPSA) is 140 Å². The van der Waals surface area contributed by atoms with Gasteiger partial charge in [0.15, 0.2) is 0 Å². The summed E-state index contributed by atoms with van der Waals surface area (Å²) >= 11 is 12.8. The van der Waals surface area contributed by atoms with Crippen molar-refractivity contribution in [2.45, 2.75) is 56.1 Å². The fraction of sp³-hybridized carbons (Fsp3) is 0.517. The Morgan fingerprint density at radius 3 is 2.64 bits per heavy atom. The molecule has 2 atom stereocenters. The van der Waals surface area contributed by atoms with Gasteiger partial charge in [-0.3, -0.25) is 9.59 Å². The van der Waals surface area contributed by atoms with Gasteiger partial charge < -0.3 is 25.4 Å². The zero-order valence-corrected chi connectivity index (χ0v) is 26.4. The summed E-state index contributed by atoms with van der Waals surface area (Å²) < 4.78 is 39.7. The fourth-order valence-electron chi connectivity index (χ4n) is 4.70. The van der Waals surface area contributed by atoms with Crippen molar-refractivity contribution in [3.05, 3.63) is 63.1 Å². The Kier molecular flexibility index (Phi) is 13.5. The van der Waals surface area contributed by atoms with Crippen LogP contribution in [0.15, 0.2) is 41.3 Å². The number of likely N-dealkylation sites (N-methyl/N-ethyl adjacent to an activating group) is 1. The number of carbonyl (C=O) groups is 2. The number of rotatable bonds is 17. The highest BCUT2D eigenvalue weighted by Crippen LogP contribution is 2.38. The van der Waals surface area contributed by atoms with Gasteiger partial charge in [0.25, 0.3) is 0 Å². The van der Waals surface area contributed by atoms with E-state index in [-0.39, 0.29) is 55.4 Å². The normalized spacial score (nSPS) is 16.1. The Morgan fingerprint density at radius 2 is 1.88 bits per heavy atom. The van der Waals surface area contributed by atoms with Crippen molar-refractivity contribution < 1.29 is 27.5 Å². The van der Waals surface area contributed by atoms with Crippen LogP contribution in [0.1, 0.15) is 55.2 Å². The van der Waals surface area contributed by atoms with E-state index < -0.39 is 15.9 Å². The second-order valence-corrected chi connectivity index (χ2v) is 13.0. The number of amides is 2. The van der Waals surface area contributed by atoms with E-state index in [1.165, 1.54) is 0 Å². The van der Waals surface area contributed by atoms with Crippen molar-refractivity contribution in [1.29, 1.82) is 0 Å². The Labute approximate surface area is 258 Å². The predicted molar refractivity (Wildman–Crippen MR) is 163 cm³/mol. The second-order valence-electron chi connectivity index (χ2n) is 10.4. The standard InChI is InChI=1S/C29H40Cl2N4O6S/c1-20(7-11-33-29(37)9-14-40-13-8-28(32)36)41-12-4-10-34-42(38,39)23-6-3-5-21(15-23)25-18-35(2)19-26-24(25)16-22(30)17-27(26)31/h3,5-6,15-17,20,25,34H,4,7-14,18-19H2,1-2H3,(H2,32,36)(H,33,37). The molecule has 1 aliphatic heterocycles. The number of ether oxygens (including phenoxy) is 2. The van der Waals surface area contributed by atoms with E-state index in [0.29, 0.717) is 49.1 Å². The van der Waals surface area contributed by atoms with Gasteiger partial charge >= 0.3 is 0 Å². The molecule has 0 radical (unpaired) electrons. The first-order valence-electron chi connectivity index (χ1n) is 14.0. The van der Waals surface area contributed by atoms with Crippen molar-refractivity contribution in [2.24, 2.45) is 5.73 Å². The Bertz CT molecular complexity index is 1330. The lowest BCUT2D eigenvalue weighted by Gasteiger charge is -2.33. The van der Waals surface area contributed by atoms with Gasteiger partial charge in [-0.25, -0.2) is 13.1 Å². The van der Waals surface area contributed by atoms with Gasteiger partial charge in [-0.15, -0.1) is 0 Å². The molecule has 4 N–H and O–H groups in total. The average molecular weight is 644 g/mol. The first-order chi connectivity index (χ1) is 20.0. The summed E-state index contributed by atoms with van der Waals surface area (Å²) in [6.07, 6.45) is 1.33. The largest absolute Gasteiger partial charge is 0.380 e. The molecule has 2 aromatic carbocycles. The van der Waals surface area contributed by atoms with Crippen LogP contribution in [-0.4, -0.2) is 77.7 Å². The van der Waals surface area contributed by atoms with Crippen molar-refractivity contribution in [1.82, 2.24) is 14.9 Å². The highest BCUT2D eigenvalue weighted by atomic mass is 35.5. The van der Waals surface area contributed by atoms with Gasteiger partial charge in [0.1, 0.15) is 0 Å². The summed E-state index contributed by atoms with van der Waals surface area (Å²) in [6, 6.07) is 10.6. The zero-order valence-electron chi connectivity index (χ0n) is 24.0. The first-order valence-corrected chi connectivity index (χ1v) is 16.2. The van der Waals surface area contributed by atoms with E-state index in [4.69, 9.17) is 38.4 Å². The van der Waals surface area contributed by atoms with Crippen molar-refractivity contribution in [3.8, 4) is 0 Å². The van der Waals surface area contributed by atoms with E-state index in [0.717, 1.165) is 16.7 Å². The lowest BCUT2D eigenvalue weighted by atomic mass is 9.85. The van der Waals surface area contributed by atoms with Crippen LogP contribution in [0.3, 0.4) is 0 Å². The number of halogens is 2. The summed E-state index contributed by atoms with van der Waals surface area (Å²) in [5.74, 6) is -0.651. The lowest BCUT2D eigenvalue weighted by molar-refractivity contribution is -0.122. The van der Waals surface area contributed by atoms with Crippen LogP contribution >= 0.6 is 23.2 Å². The van der Waals surface area contributed by atoms with Gasteiger partial charge in [-0.1, -0.05) is 35.3 Å². The molecule has 0 aliphatic carbocycles. The number of hydrogen-bond acceptors (Lipinski definition) is 7. The lowest BCUT2D eigenvalue weighted by Crippen LogP contribution is -2.31. The number of primary amides is 1. The molecule has 1 aliphatic rings. The van der Waals surface area contributed by atoms with Crippen LogP contribution in [0, 0.1) is 0 Å². The van der Waals surface area contributed by atoms with Crippen LogP contribution in [0.2, 0.25) is 10.0 Å². The van der Waals surface area contributed by atoms with Crippen LogP contribution in [0.4, 0.5) is 0 Å². The molecule has 42 heavy (non-hydrogen) atoms. The number of nitrogens with zero attached hydrogens (tertiary/aromatic N) is 1. The number of carbonyl (C=O) groups excluding carboxylic acids is 2. The third-order valence-corrected chi connectivity index (χ3v) is 8.93. The molecule has 2 aromatic rings. The maximum absolute atomic E-state index is 13.1. The smallest absolute Gasteiger partial charge is 0.240 e. The van der Waals surface area contributed by atoms with Crippen molar-refractivity contribution >= 4 is 45.0 Å². The van der Waals surface area contributed by atoms with Gasteiger partial charge in [-0.05, 0) is 67.8 Å². The Balaban J connectivity index is 1.41. The molecule has 3 rings (SSSR count). The molecular formula is C29H40Cl2N4O6S. The summed E-state index contributed by atoms with van der Waals surface area (Å²) in [5, 5.41) is 3.96. The SMILES string of the molecule is CC(CCNC(=O)CCOCCC(N)=O)OCCCNS(=O)(=O)c1cccc(C2CN(C)Cc3c(Cl)cc(Cl)cc32)c1. The van der Waals surface area contributed by atoms with Crippen molar-refractivity contribution in [2.75, 3.05) is 46.5 Å². The zero-order chi connectivity index (χ0) is 30.7. The van der Waals surface area contributed by atoms with Crippen molar-refractivity contribution in [3.63, 3.8) is 0 Å². The van der Waals surface area contributed by atoms with Gasteiger partial charge in [0.2, 0.25) is 21.8 Å². The highest BCUT2D eigenvalue weighted by Gasteiger charge is 2.28. The first kappa shape index (κ1) is 34.2. The monoisotopic (exact) mass is 642 g/mol. The third-order valence-electron chi connectivity index (χ3n) is 6.92. The van der Waals surface area contributed by atoms with Gasteiger partial charge in [-0.2, -0.15) is 0 Å². The molecule has 2 amide bonds. The van der Waals surface area contributed by atoms with Crippen LogP contribution in [0.5, 0.6) is 0 Å². The molecule has 13 heteroatoms. The number of nitrogens with one attached hydrogen (secondary N) is 2. The molecule has 0 saturated heterocycles. The van der Waals surface area contributed by atoms with E-state index in [1.807, 2.05) is 26.1 Å². The minimum absolute atomic E-state index is 0.0635. The number of benzene rings is 2. The van der Waals surface area contributed by atoms with Crippen LogP contribution in [0.25, 0.3) is 0 Å². The van der Waals surface area contributed by atoms with E-state index in [9.17, 15) is 18.0 Å². The summed E-state index contributed by atoms with van der Waals surface area (Å²) in [4.78, 5) is 24.8.